The van der Waals surface area contributed by atoms with Gasteiger partial charge in [-0.25, -0.2) is 0 Å². The summed E-state index contributed by atoms with van der Waals surface area (Å²) in [7, 11) is 3.60. The molecule has 2 aliphatic carbocycles. The maximum absolute atomic E-state index is 6.10. The van der Waals surface area contributed by atoms with Gasteiger partial charge in [0.2, 0.25) is 0 Å². The van der Waals surface area contributed by atoms with Crippen LogP contribution in [0.4, 0.5) is 0 Å². The van der Waals surface area contributed by atoms with Gasteiger partial charge >= 0.3 is 0 Å². The summed E-state index contributed by atoms with van der Waals surface area (Å²) < 4.78 is 11.6. The van der Waals surface area contributed by atoms with E-state index in [2.05, 4.69) is 40.7 Å². The Morgan fingerprint density at radius 2 is 2.11 bits per heavy atom. The number of ether oxygens (including phenoxy) is 2. The minimum Gasteiger partial charge on any atom is -0.496 e. The van der Waals surface area contributed by atoms with Crippen LogP contribution in [0.2, 0.25) is 0 Å². The van der Waals surface area contributed by atoms with Crippen LogP contribution in [0.5, 0.6) is 5.75 Å². The Hall–Kier alpha value is -1.02. The van der Waals surface area contributed by atoms with E-state index >= 15 is 0 Å². The minimum absolute atomic E-state index is 0. The predicted molar refractivity (Wildman–Crippen MR) is 124 cm³/mol. The van der Waals surface area contributed by atoms with Gasteiger partial charge in [-0.1, -0.05) is 30.5 Å². The average Bonchev–Trinajstić information content (AvgIpc) is 3.33. The second-order valence-corrected chi connectivity index (χ2v) is 8.37. The lowest BCUT2D eigenvalue weighted by atomic mass is 9.54. The first-order valence-corrected chi connectivity index (χ1v) is 10.4. The van der Waals surface area contributed by atoms with E-state index in [-0.39, 0.29) is 24.0 Å². The fourth-order valence-electron chi connectivity index (χ4n) is 5.66. The first kappa shape index (κ1) is 21.7. The highest BCUT2D eigenvalue weighted by Gasteiger charge is 2.65. The van der Waals surface area contributed by atoms with E-state index in [9.17, 15) is 0 Å². The molecular weight excluding hydrogens is 465 g/mol. The number of aryl methyl sites for hydroxylation is 1. The molecule has 1 aliphatic heterocycles. The van der Waals surface area contributed by atoms with Crippen molar-refractivity contribution in [2.45, 2.75) is 57.6 Å². The summed E-state index contributed by atoms with van der Waals surface area (Å²) >= 11 is 0. The first-order chi connectivity index (χ1) is 13.2. The van der Waals surface area contributed by atoms with Gasteiger partial charge in [-0.3, -0.25) is 4.99 Å². The Bertz CT molecular complexity index is 703. The molecule has 1 aromatic carbocycles. The van der Waals surface area contributed by atoms with Gasteiger partial charge in [0.1, 0.15) is 5.75 Å². The van der Waals surface area contributed by atoms with Gasteiger partial charge in [-0.15, -0.1) is 24.0 Å². The summed E-state index contributed by atoms with van der Waals surface area (Å²) in [6.07, 6.45) is 7.84. The van der Waals surface area contributed by atoms with Crippen LogP contribution in [-0.4, -0.2) is 45.4 Å². The van der Waals surface area contributed by atoms with Gasteiger partial charge in [0, 0.05) is 37.6 Å². The number of aliphatic imine (C=N–C) groups is 1. The average molecular weight is 499 g/mol. The van der Waals surface area contributed by atoms with E-state index in [4.69, 9.17) is 9.47 Å². The SMILES string of the molecule is CN=C(NCCc1cc(C)ccc1OC)NC1C2CCOC2C12CCCC2.I. The maximum atomic E-state index is 6.10. The topological polar surface area (TPSA) is 54.9 Å². The molecule has 0 amide bonds. The molecule has 1 heterocycles. The molecule has 0 bridgehead atoms. The van der Waals surface area contributed by atoms with Crippen molar-refractivity contribution in [1.29, 1.82) is 0 Å². The molecule has 156 valence electrons. The van der Waals surface area contributed by atoms with Crippen LogP contribution in [0.15, 0.2) is 23.2 Å². The molecule has 4 rings (SSSR count). The fourth-order valence-corrected chi connectivity index (χ4v) is 5.66. The van der Waals surface area contributed by atoms with Crippen molar-refractivity contribution >= 4 is 29.9 Å². The molecule has 0 radical (unpaired) electrons. The first-order valence-electron chi connectivity index (χ1n) is 10.4. The second-order valence-electron chi connectivity index (χ2n) is 8.37. The summed E-state index contributed by atoms with van der Waals surface area (Å²) in [5.41, 5.74) is 2.84. The molecule has 3 unspecified atom stereocenters. The third-order valence-corrected chi connectivity index (χ3v) is 6.92. The molecule has 0 aromatic heterocycles. The number of nitrogens with one attached hydrogen (secondary N) is 2. The Labute approximate surface area is 186 Å². The van der Waals surface area contributed by atoms with Crippen LogP contribution in [0.25, 0.3) is 0 Å². The van der Waals surface area contributed by atoms with Crippen molar-refractivity contribution in [3.63, 3.8) is 0 Å². The van der Waals surface area contributed by atoms with Crippen molar-refractivity contribution in [3.05, 3.63) is 29.3 Å². The largest absolute Gasteiger partial charge is 0.496 e. The third-order valence-electron chi connectivity index (χ3n) is 6.92. The highest BCUT2D eigenvalue weighted by molar-refractivity contribution is 14.0. The summed E-state index contributed by atoms with van der Waals surface area (Å²) in [4.78, 5) is 4.49. The molecule has 3 atom stereocenters. The smallest absolute Gasteiger partial charge is 0.191 e. The number of nitrogens with zero attached hydrogens (tertiary/aromatic N) is 1. The molecular formula is C22H34IN3O2. The van der Waals surface area contributed by atoms with Crippen LogP contribution < -0.4 is 15.4 Å². The van der Waals surface area contributed by atoms with Crippen LogP contribution in [0.1, 0.15) is 43.2 Å². The Morgan fingerprint density at radius 3 is 2.82 bits per heavy atom. The van der Waals surface area contributed by atoms with Crippen LogP contribution in [-0.2, 0) is 11.2 Å². The van der Waals surface area contributed by atoms with E-state index in [1.165, 1.54) is 43.2 Å². The van der Waals surface area contributed by atoms with E-state index in [0.717, 1.165) is 31.3 Å². The standard InChI is InChI=1S/C22H33N3O2.HI/c1-15-6-7-18(26-3)16(14-15)8-12-24-21(23-2)25-19-17-9-13-27-20(17)22(19)10-4-5-11-22;/h6-7,14,17,19-20H,4-5,8-13H2,1-3H3,(H2,23,24,25);1H. The van der Waals surface area contributed by atoms with Crippen molar-refractivity contribution in [1.82, 2.24) is 10.6 Å². The highest BCUT2D eigenvalue weighted by Crippen LogP contribution is 2.60. The van der Waals surface area contributed by atoms with E-state index in [1.54, 1.807) is 7.11 Å². The molecule has 6 heteroatoms. The van der Waals surface area contributed by atoms with Crippen molar-refractivity contribution < 1.29 is 9.47 Å². The highest BCUT2D eigenvalue weighted by atomic mass is 127. The molecule has 28 heavy (non-hydrogen) atoms. The zero-order valence-electron chi connectivity index (χ0n) is 17.3. The molecule has 2 saturated carbocycles. The fraction of sp³-hybridized carbons (Fsp3) is 0.682. The molecule has 5 nitrogen and oxygen atoms in total. The molecule has 2 N–H and O–H groups in total. The summed E-state index contributed by atoms with van der Waals surface area (Å²) in [6, 6.07) is 6.85. The lowest BCUT2D eigenvalue weighted by Crippen LogP contribution is -2.69. The Balaban J connectivity index is 0.00000225. The molecule has 1 spiro atoms. The number of guanidine groups is 1. The Morgan fingerprint density at radius 1 is 1.32 bits per heavy atom. The molecule has 1 saturated heterocycles. The van der Waals surface area contributed by atoms with Gasteiger partial charge < -0.3 is 20.1 Å². The van der Waals surface area contributed by atoms with Gasteiger partial charge in [0.25, 0.3) is 0 Å². The zero-order chi connectivity index (χ0) is 18.9. The van der Waals surface area contributed by atoms with Crippen LogP contribution >= 0.6 is 24.0 Å². The number of halogens is 1. The summed E-state index contributed by atoms with van der Waals surface area (Å²) in [5, 5.41) is 7.28. The maximum Gasteiger partial charge on any atom is 0.191 e. The number of hydrogen-bond acceptors (Lipinski definition) is 3. The van der Waals surface area contributed by atoms with Crippen molar-refractivity contribution in [2.75, 3.05) is 27.3 Å². The van der Waals surface area contributed by atoms with Crippen LogP contribution in [0, 0.1) is 18.3 Å². The Kier molecular flexibility index (Phi) is 7.12. The van der Waals surface area contributed by atoms with Gasteiger partial charge in [0.05, 0.1) is 13.2 Å². The molecule has 1 aromatic rings. The number of fused-ring (bicyclic) bond motifs is 2. The van der Waals surface area contributed by atoms with Crippen molar-refractivity contribution in [3.8, 4) is 5.75 Å². The number of methoxy groups -OCH3 is 1. The van der Waals surface area contributed by atoms with Gasteiger partial charge in [0.15, 0.2) is 5.96 Å². The zero-order valence-corrected chi connectivity index (χ0v) is 19.6. The van der Waals surface area contributed by atoms with E-state index in [1.807, 2.05) is 7.05 Å². The van der Waals surface area contributed by atoms with Gasteiger partial charge in [-0.05, 0) is 44.2 Å². The monoisotopic (exact) mass is 499 g/mol. The lowest BCUT2D eigenvalue weighted by molar-refractivity contribution is -0.125. The number of hydrogen-bond donors (Lipinski definition) is 2. The second kappa shape index (κ2) is 9.20. The van der Waals surface area contributed by atoms with E-state index in [0.29, 0.717) is 23.5 Å². The van der Waals surface area contributed by atoms with E-state index < -0.39 is 0 Å². The number of benzene rings is 1. The summed E-state index contributed by atoms with van der Waals surface area (Å²) in [5.74, 6) is 2.53. The molecule has 3 aliphatic rings. The normalized spacial score (nSPS) is 27.7. The quantitative estimate of drug-likeness (QED) is 0.369. The van der Waals surface area contributed by atoms with Crippen molar-refractivity contribution in [2.24, 2.45) is 16.3 Å². The lowest BCUT2D eigenvalue weighted by Gasteiger charge is -2.57. The number of rotatable bonds is 5. The molecule has 3 fully saturated rings. The minimum atomic E-state index is 0. The predicted octanol–water partition coefficient (Wildman–Crippen LogP) is 3.68. The van der Waals surface area contributed by atoms with Gasteiger partial charge in [-0.2, -0.15) is 0 Å². The third kappa shape index (κ3) is 3.86. The summed E-state index contributed by atoms with van der Waals surface area (Å²) in [6.45, 7) is 3.88. The van der Waals surface area contributed by atoms with Crippen LogP contribution in [0.3, 0.4) is 0 Å².